The van der Waals surface area contributed by atoms with E-state index in [9.17, 15) is 9.90 Å². The fraction of sp³-hybridized carbons (Fsp3) is 0.404. The van der Waals surface area contributed by atoms with Crippen molar-refractivity contribution in [2.45, 2.75) is 107 Å². The standard InChI is InChI=1S/C32H26NOS.C15H28O2.Ir/c1-18(2)16-19-12-13-26-24(17-19)28-31(35-26)23-10-7-9-22(27(23)32(28,3)4)29-30-21(14-15-33-29)20-8-5-6-11-25(20)34-30;1-7-14(5,8-2)12(16)11-13(17)15(6,9-3)10-4;/h5-8,10-15,17-18H,16H2,1-4H3;11,16H,7-10H2,1-6H3;/q-1;;/b;12-11-;. The Balaban J connectivity index is 0.000000259. The molecule has 6 aromatic rings. The van der Waals surface area contributed by atoms with Gasteiger partial charge in [-0.15, -0.1) is 40.7 Å². The zero-order valence-corrected chi connectivity index (χ0v) is 36.2. The van der Waals surface area contributed by atoms with Gasteiger partial charge in [0.05, 0.1) is 0 Å². The number of allylic oxidation sites excluding steroid dienone is 2. The first-order valence-electron chi connectivity index (χ1n) is 19.1. The number of pyridine rings is 1. The van der Waals surface area contributed by atoms with E-state index in [-0.39, 0.29) is 47.9 Å². The van der Waals surface area contributed by atoms with Crippen molar-refractivity contribution in [2.75, 3.05) is 0 Å². The number of hydrogen-bond acceptors (Lipinski definition) is 5. The number of aliphatic hydroxyl groups excluding tert-OH is 1. The summed E-state index contributed by atoms with van der Waals surface area (Å²) in [6.07, 6.45) is 7.76. The molecule has 0 spiro atoms. The van der Waals surface area contributed by atoms with Crippen LogP contribution >= 0.6 is 11.3 Å². The molecule has 6 heteroatoms. The molecule has 0 unspecified atom stereocenters. The molecule has 1 aliphatic carbocycles. The third-order valence-electron chi connectivity index (χ3n) is 12.0. The van der Waals surface area contributed by atoms with Crippen molar-refractivity contribution in [2.24, 2.45) is 16.7 Å². The molecule has 1 radical (unpaired) electrons. The molecule has 3 aromatic heterocycles. The summed E-state index contributed by atoms with van der Waals surface area (Å²) >= 11 is 1.91. The molecule has 1 aliphatic rings. The first-order valence-corrected chi connectivity index (χ1v) is 19.9. The normalized spacial score (nSPS) is 13.9. The number of ketones is 1. The zero-order valence-electron chi connectivity index (χ0n) is 33.0. The average molecular weight is 905 g/mol. The summed E-state index contributed by atoms with van der Waals surface area (Å²) in [4.78, 5) is 18.4. The second-order valence-electron chi connectivity index (χ2n) is 16.1. The number of carbonyl (C=O) groups is 1. The first kappa shape index (κ1) is 40.6. The molecule has 281 valence electrons. The fourth-order valence-corrected chi connectivity index (χ4v) is 9.09. The molecule has 0 bridgehead atoms. The third-order valence-corrected chi connectivity index (χ3v) is 13.2. The van der Waals surface area contributed by atoms with E-state index >= 15 is 0 Å². The van der Waals surface area contributed by atoms with Gasteiger partial charge < -0.3 is 14.5 Å². The van der Waals surface area contributed by atoms with Gasteiger partial charge in [-0.05, 0) is 78.1 Å². The van der Waals surface area contributed by atoms with Gasteiger partial charge in [0.15, 0.2) is 5.78 Å². The minimum atomic E-state index is -0.337. The first-order chi connectivity index (χ1) is 24.7. The van der Waals surface area contributed by atoms with Crippen molar-refractivity contribution in [1.82, 2.24) is 4.98 Å². The molecular formula is C47H54IrNO3S-. The van der Waals surface area contributed by atoms with E-state index in [1.165, 1.54) is 43.3 Å². The molecule has 3 heterocycles. The van der Waals surface area contributed by atoms with Crippen molar-refractivity contribution >= 4 is 49.1 Å². The van der Waals surface area contributed by atoms with Crippen LogP contribution in [0.25, 0.3) is 53.7 Å². The van der Waals surface area contributed by atoms with Crippen molar-refractivity contribution < 1.29 is 34.4 Å². The van der Waals surface area contributed by atoms with Crippen LogP contribution in [0, 0.1) is 22.8 Å². The summed E-state index contributed by atoms with van der Waals surface area (Å²) in [5.74, 6) is 0.926. The maximum Gasteiger partial charge on any atom is 0.164 e. The Bertz CT molecular complexity index is 2300. The number of rotatable bonds is 10. The average Bonchev–Trinajstić information content (AvgIpc) is 3.79. The smallest absolute Gasteiger partial charge is 0.164 e. The molecule has 0 atom stereocenters. The van der Waals surface area contributed by atoms with Gasteiger partial charge in [-0.2, -0.15) is 0 Å². The summed E-state index contributed by atoms with van der Waals surface area (Å²) in [6, 6.07) is 25.2. The van der Waals surface area contributed by atoms with E-state index in [2.05, 4.69) is 82.3 Å². The molecule has 0 aliphatic heterocycles. The molecule has 0 fully saturated rings. The van der Waals surface area contributed by atoms with Crippen LogP contribution in [-0.4, -0.2) is 15.9 Å². The summed E-state index contributed by atoms with van der Waals surface area (Å²) in [7, 11) is 0. The van der Waals surface area contributed by atoms with Gasteiger partial charge in [-0.25, -0.2) is 0 Å². The maximum atomic E-state index is 12.2. The molecule has 7 rings (SSSR count). The summed E-state index contributed by atoms with van der Waals surface area (Å²) in [6.45, 7) is 21.4. The van der Waals surface area contributed by atoms with Crippen LogP contribution in [0.5, 0.6) is 0 Å². The maximum absolute atomic E-state index is 12.2. The number of thiophene rings is 1. The number of fused-ring (bicyclic) bond motifs is 8. The van der Waals surface area contributed by atoms with Crippen LogP contribution < -0.4 is 0 Å². The Labute approximate surface area is 333 Å². The quantitative estimate of drug-likeness (QED) is 0.0845. The Morgan fingerprint density at radius 2 is 1.60 bits per heavy atom. The van der Waals surface area contributed by atoms with Gasteiger partial charge in [-0.3, -0.25) is 4.79 Å². The van der Waals surface area contributed by atoms with Crippen LogP contribution in [0.15, 0.2) is 83.1 Å². The third kappa shape index (κ3) is 7.20. The topological polar surface area (TPSA) is 63.3 Å². The van der Waals surface area contributed by atoms with Crippen molar-refractivity contribution in [3.05, 3.63) is 101 Å². The molecule has 0 amide bonds. The zero-order chi connectivity index (χ0) is 37.6. The number of hydrogen-bond donors (Lipinski definition) is 1. The van der Waals surface area contributed by atoms with Gasteiger partial charge in [0.2, 0.25) is 0 Å². The van der Waals surface area contributed by atoms with Gasteiger partial charge in [0.25, 0.3) is 0 Å². The molecule has 53 heavy (non-hydrogen) atoms. The summed E-state index contributed by atoms with van der Waals surface area (Å²) in [5, 5.41) is 13.8. The number of para-hydroxylation sites is 1. The van der Waals surface area contributed by atoms with Gasteiger partial charge >= 0.3 is 0 Å². The summed E-state index contributed by atoms with van der Waals surface area (Å²) in [5.41, 5.74) is 8.36. The second kappa shape index (κ2) is 15.7. The van der Waals surface area contributed by atoms with Crippen molar-refractivity contribution in [3.63, 3.8) is 0 Å². The largest absolute Gasteiger partial charge is 0.512 e. The van der Waals surface area contributed by atoms with E-state index in [1.807, 2.05) is 71.2 Å². The van der Waals surface area contributed by atoms with E-state index in [1.54, 1.807) is 0 Å². The van der Waals surface area contributed by atoms with Crippen LogP contribution in [0.1, 0.15) is 112 Å². The molecule has 0 saturated carbocycles. The van der Waals surface area contributed by atoms with Crippen LogP contribution in [0.4, 0.5) is 0 Å². The predicted molar refractivity (Wildman–Crippen MR) is 220 cm³/mol. The van der Waals surface area contributed by atoms with Gasteiger partial charge in [0.1, 0.15) is 16.9 Å². The minimum Gasteiger partial charge on any atom is -0.512 e. The van der Waals surface area contributed by atoms with Crippen LogP contribution in [-0.2, 0) is 36.7 Å². The second-order valence-corrected chi connectivity index (χ2v) is 17.1. The monoisotopic (exact) mass is 905 g/mol. The van der Waals surface area contributed by atoms with Crippen molar-refractivity contribution in [1.29, 1.82) is 0 Å². The number of aliphatic hydroxyl groups is 1. The van der Waals surface area contributed by atoms with E-state index in [0.29, 0.717) is 5.92 Å². The molecular weight excluding hydrogens is 851 g/mol. The predicted octanol–water partition coefficient (Wildman–Crippen LogP) is 13.8. The van der Waals surface area contributed by atoms with Crippen LogP contribution in [0.3, 0.4) is 0 Å². The Hall–Kier alpha value is -3.57. The summed E-state index contributed by atoms with van der Waals surface area (Å²) < 4.78 is 7.74. The van der Waals surface area contributed by atoms with E-state index < -0.39 is 0 Å². The van der Waals surface area contributed by atoms with Crippen molar-refractivity contribution in [3.8, 4) is 21.7 Å². The van der Waals surface area contributed by atoms with E-state index in [4.69, 9.17) is 9.40 Å². The molecule has 4 nitrogen and oxygen atoms in total. The van der Waals surface area contributed by atoms with E-state index in [0.717, 1.165) is 65.3 Å². The molecule has 1 N–H and O–H groups in total. The SMILES string of the molecule is CC(C)Cc1ccc2sc3c(c2c1)C(C)(C)c1c(-c2nccc4c2oc2ccccc24)[c-]ccc1-3.CCC(C)(CC)C(=O)/C=C(\O)C(C)(CC)CC.[Ir]. The number of carbonyl (C=O) groups excluding carboxylic acids is 1. The number of benzene rings is 3. The number of aromatic nitrogens is 1. The fourth-order valence-electron chi connectivity index (χ4n) is 7.72. The number of nitrogens with zero attached hydrogens (tertiary/aromatic N) is 1. The molecule has 0 saturated heterocycles. The minimum absolute atomic E-state index is 0. The van der Waals surface area contributed by atoms with Crippen LogP contribution in [0.2, 0.25) is 0 Å². The number of furan rings is 1. The van der Waals surface area contributed by atoms with Gasteiger partial charge in [-0.1, -0.05) is 105 Å². The Kier molecular flexibility index (Phi) is 12.0. The molecule has 3 aromatic carbocycles. The Morgan fingerprint density at radius 3 is 2.26 bits per heavy atom. The Morgan fingerprint density at radius 1 is 0.925 bits per heavy atom. The van der Waals surface area contributed by atoms with Gasteiger partial charge in [0, 0.05) is 69.3 Å².